The fourth-order valence-electron chi connectivity index (χ4n) is 1.79. The summed E-state index contributed by atoms with van der Waals surface area (Å²) in [4.78, 5) is 35.5. The molecule has 0 saturated carbocycles. The first-order valence-electron chi connectivity index (χ1n) is 6.90. The van der Waals surface area contributed by atoms with E-state index in [4.69, 9.17) is 5.11 Å². The van der Waals surface area contributed by atoms with Gasteiger partial charge in [-0.1, -0.05) is 6.07 Å². The highest BCUT2D eigenvalue weighted by atomic mass is 16.4. The lowest BCUT2D eigenvalue weighted by Crippen LogP contribution is -2.30. The third-order valence-corrected chi connectivity index (χ3v) is 2.99. The number of rotatable bonds is 6. The van der Waals surface area contributed by atoms with E-state index >= 15 is 0 Å². The van der Waals surface area contributed by atoms with Crippen molar-refractivity contribution < 1.29 is 19.5 Å². The number of aliphatic carboxylic acids is 1. The molecule has 1 aromatic rings. The van der Waals surface area contributed by atoms with Crippen molar-refractivity contribution in [1.82, 2.24) is 10.2 Å². The minimum absolute atomic E-state index is 0.00625. The lowest BCUT2D eigenvalue weighted by molar-refractivity contribution is -0.137. The third kappa shape index (κ3) is 5.43. The summed E-state index contributed by atoms with van der Waals surface area (Å²) in [6, 6.07) is 4.65. The zero-order valence-electron chi connectivity index (χ0n) is 13.0. The van der Waals surface area contributed by atoms with Gasteiger partial charge in [0, 0.05) is 38.3 Å². The number of nitrogens with one attached hydrogen (secondary N) is 2. The fraction of sp³-hybridized carbons (Fsp3) is 0.400. The number of carboxylic acids is 1. The van der Waals surface area contributed by atoms with Crippen molar-refractivity contribution in [3.05, 3.63) is 29.3 Å². The molecule has 0 aliphatic rings. The van der Waals surface area contributed by atoms with Gasteiger partial charge in [-0.05, 0) is 31.0 Å². The second-order valence-corrected chi connectivity index (χ2v) is 5.11. The van der Waals surface area contributed by atoms with Crippen LogP contribution in [0.5, 0.6) is 0 Å². The molecule has 7 heteroatoms. The highest BCUT2D eigenvalue weighted by molar-refractivity contribution is 5.97. The van der Waals surface area contributed by atoms with Gasteiger partial charge >= 0.3 is 12.0 Å². The van der Waals surface area contributed by atoms with Crippen molar-refractivity contribution in [1.29, 1.82) is 0 Å². The van der Waals surface area contributed by atoms with E-state index in [0.717, 1.165) is 5.56 Å². The van der Waals surface area contributed by atoms with Crippen molar-refractivity contribution >= 4 is 23.6 Å². The molecule has 3 amide bonds. The number of urea groups is 1. The molecule has 0 aliphatic carbocycles. The molecule has 0 aliphatic heterocycles. The van der Waals surface area contributed by atoms with E-state index in [1.165, 1.54) is 4.90 Å². The topological polar surface area (TPSA) is 98.7 Å². The standard InChI is InChI=1S/C15H21N3O4/c1-10-6-7-11(9-12(10)14(21)18(2)3)17-15(22)16-8-4-5-13(19)20/h6-7,9H,4-5,8H2,1-3H3,(H,19,20)(H2,16,17,22). The molecular formula is C15H21N3O4. The maximum absolute atomic E-state index is 12.0. The quantitative estimate of drug-likeness (QED) is 0.696. The zero-order valence-corrected chi connectivity index (χ0v) is 13.0. The van der Waals surface area contributed by atoms with Crippen LogP contribution in [0.15, 0.2) is 18.2 Å². The number of nitrogens with zero attached hydrogens (tertiary/aromatic N) is 1. The maximum Gasteiger partial charge on any atom is 0.319 e. The highest BCUT2D eigenvalue weighted by Gasteiger charge is 2.12. The van der Waals surface area contributed by atoms with Crippen molar-refractivity contribution in [3.8, 4) is 0 Å². The highest BCUT2D eigenvalue weighted by Crippen LogP contribution is 2.16. The first-order valence-corrected chi connectivity index (χ1v) is 6.90. The Morgan fingerprint density at radius 3 is 2.50 bits per heavy atom. The number of hydrogen-bond donors (Lipinski definition) is 3. The van der Waals surface area contributed by atoms with Gasteiger partial charge in [0.05, 0.1) is 0 Å². The minimum atomic E-state index is -0.896. The number of aryl methyl sites for hydroxylation is 1. The molecule has 0 fully saturated rings. The van der Waals surface area contributed by atoms with Gasteiger partial charge in [0.2, 0.25) is 0 Å². The van der Waals surface area contributed by atoms with Crippen molar-refractivity contribution in [2.45, 2.75) is 19.8 Å². The Morgan fingerprint density at radius 1 is 1.23 bits per heavy atom. The largest absolute Gasteiger partial charge is 0.481 e. The molecular weight excluding hydrogens is 286 g/mol. The third-order valence-electron chi connectivity index (χ3n) is 2.99. The second-order valence-electron chi connectivity index (χ2n) is 5.11. The molecule has 0 heterocycles. The van der Waals surface area contributed by atoms with Crippen molar-refractivity contribution in [2.75, 3.05) is 26.0 Å². The normalized spacial score (nSPS) is 9.95. The zero-order chi connectivity index (χ0) is 16.7. The molecule has 7 nitrogen and oxygen atoms in total. The number of benzene rings is 1. The monoisotopic (exact) mass is 307 g/mol. The SMILES string of the molecule is Cc1ccc(NC(=O)NCCCC(=O)O)cc1C(=O)N(C)C. The van der Waals surface area contributed by atoms with E-state index in [1.807, 2.05) is 6.92 Å². The molecule has 1 rings (SSSR count). The predicted octanol–water partition coefficient (Wildman–Crippen LogP) is 1.68. The van der Waals surface area contributed by atoms with E-state index in [0.29, 0.717) is 17.7 Å². The summed E-state index contributed by atoms with van der Waals surface area (Å²) in [6.07, 6.45) is 0.368. The minimum Gasteiger partial charge on any atom is -0.481 e. The predicted molar refractivity (Wildman–Crippen MR) is 83.1 cm³/mol. The van der Waals surface area contributed by atoms with Gasteiger partial charge in [-0.3, -0.25) is 9.59 Å². The first-order chi connectivity index (χ1) is 10.3. The Bertz CT molecular complexity index is 570. The Labute approximate surface area is 129 Å². The first kappa shape index (κ1) is 17.5. The van der Waals surface area contributed by atoms with Crippen LogP contribution in [0.3, 0.4) is 0 Å². The number of carboxylic acid groups (broad SMARTS) is 1. The molecule has 0 unspecified atom stereocenters. The van der Waals surface area contributed by atoms with Gasteiger partial charge in [0.25, 0.3) is 5.91 Å². The van der Waals surface area contributed by atoms with Crippen LogP contribution in [0.1, 0.15) is 28.8 Å². The number of anilines is 1. The second kappa shape index (κ2) is 8.02. The fourth-order valence-corrected chi connectivity index (χ4v) is 1.79. The Kier molecular flexibility index (Phi) is 6.37. The Balaban J connectivity index is 2.62. The van der Waals surface area contributed by atoms with Gasteiger partial charge in [-0.2, -0.15) is 0 Å². The number of carbonyl (C=O) groups is 3. The van der Waals surface area contributed by atoms with Crippen molar-refractivity contribution in [2.24, 2.45) is 0 Å². The average molecular weight is 307 g/mol. The van der Waals surface area contributed by atoms with Crippen LogP contribution < -0.4 is 10.6 Å². The Hall–Kier alpha value is -2.57. The van der Waals surface area contributed by atoms with Gasteiger partial charge in [-0.15, -0.1) is 0 Å². The molecule has 0 spiro atoms. The maximum atomic E-state index is 12.0. The molecule has 3 N–H and O–H groups in total. The van der Waals surface area contributed by atoms with Crippen LogP contribution >= 0.6 is 0 Å². The average Bonchev–Trinajstić information content (AvgIpc) is 2.44. The lowest BCUT2D eigenvalue weighted by Gasteiger charge is -2.14. The number of carbonyl (C=O) groups excluding carboxylic acids is 2. The van der Waals surface area contributed by atoms with Gasteiger partial charge in [-0.25, -0.2) is 4.79 Å². The summed E-state index contributed by atoms with van der Waals surface area (Å²) in [5, 5.41) is 13.7. The van der Waals surface area contributed by atoms with Crippen LogP contribution in [-0.2, 0) is 4.79 Å². The summed E-state index contributed by atoms with van der Waals surface area (Å²) >= 11 is 0. The van der Waals surface area contributed by atoms with Crippen LogP contribution in [0.25, 0.3) is 0 Å². The van der Waals surface area contributed by atoms with Crippen molar-refractivity contribution in [3.63, 3.8) is 0 Å². The molecule has 120 valence electrons. The summed E-state index contributed by atoms with van der Waals surface area (Å²) in [7, 11) is 3.33. The number of hydrogen-bond acceptors (Lipinski definition) is 3. The Morgan fingerprint density at radius 2 is 1.91 bits per heavy atom. The van der Waals surface area contributed by atoms with Gasteiger partial charge in [0.1, 0.15) is 0 Å². The van der Waals surface area contributed by atoms with Crippen LogP contribution in [0.2, 0.25) is 0 Å². The van der Waals surface area contributed by atoms with Crippen LogP contribution in [0.4, 0.5) is 10.5 Å². The van der Waals surface area contributed by atoms with E-state index in [2.05, 4.69) is 10.6 Å². The van der Waals surface area contributed by atoms with E-state index < -0.39 is 12.0 Å². The number of amides is 3. The lowest BCUT2D eigenvalue weighted by atomic mass is 10.1. The molecule has 0 aromatic heterocycles. The molecule has 0 atom stereocenters. The van der Waals surface area contributed by atoms with E-state index in [1.54, 1.807) is 32.3 Å². The molecule has 0 saturated heterocycles. The molecule has 0 radical (unpaired) electrons. The van der Waals surface area contributed by atoms with Gasteiger partial charge in [0.15, 0.2) is 0 Å². The van der Waals surface area contributed by atoms with E-state index in [9.17, 15) is 14.4 Å². The summed E-state index contributed by atoms with van der Waals surface area (Å²) in [5.41, 5.74) is 1.85. The molecule has 22 heavy (non-hydrogen) atoms. The van der Waals surface area contributed by atoms with Crippen LogP contribution in [-0.4, -0.2) is 48.6 Å². The summed E-state index contributed by atoms with van der Waals surface area (Å²) < 4.78 is 0. The van der Waals surface area contributed by atoms with E-state index in [-0.39, 0.29) is 18.9 Å². The molecule has 1 aromatic carbocycles. The summed E-state index contributed by atoms with van der Waals surface area (Å²) in [5.74, 6) is -1.03. The molecule has 0 bridgehead atoms. The van der Waals surface area contributed by atoms with Crippen LogP contribution in [0, 0.1) is 6.92 Å². The summed E-state index contributed by atoms with van der Waals surface area (Å²) in [6.45, 7) is 2.10. The van der Waals surface area contributed by atoms with Gasteiger partial charge < -0.3 is 20.6 Å². The smallest absolute Gasteiger partial charge is 0.319 e.